The van der Waals surface area contributed by atoms with Gasteiger partial charge in [-0.25, -0.2) is 0 Å². The molecule has 1 saturated heterocycles. The average molecular weight is 315 g/mol. The number of benzene rings is 1. The third-order valence-corrected chi connectivity index (χ3v) is 5.43. The van der Waals surface area contributed by atoms with Crippen molar-refractivity contribution in [1.29, 1.82) is 0 Å². The molecule has 17 heavy (non-hydrogen) atoms. The molecule has 1 aromatic rings. The second-order valence-corrected chi connectivity index (χ2v) is 7.36. The zero-order valence-electron chi connectivity index (χ0n) is 9.65. The van der Waals surface area contributed by atoms with Crippen molar-refractivity contribution in [2.24, 2.45) is 0 Å². The minimum Gasteiger partial charge on any atom is -0.486 e. The van der Waals surface area contributed by atoms with E-state index in [1.807, 2.05) is 30.0 Å². The molecular weight excluding hydrogens is 300 g/mol. The van der Waals surface area contributed by atoms with Crippen LogP contribution in [0.4, 0.5) is 0 Å². The third kappa shape index (κ3) is 2.11. The summed E-state index contributed by atoms with van der Waals surface area (Å²) in [5, 5.41) is 10.9. The molecular formula is C13H15BrO2S. The number of hydrogen-bond donors (Lipinski definition) is 1. The summed E-state index contributed by atoms with van der Waals surface area (Å²) in [5.41, 5.74) is 0.763. The van der Waals surface area contributed by atoms with E-state index in [0.29, 0.717) is 11.7 Å². The third-order valence-electron chi connectivity index (χ3n) is 3.51. The molecule has 2 aliphatic heterocycles. The molecule has 3 atom stereocenters. The van der Waals surface area contributed by atoms with Gasteiger partial charge in [-0.3, -0.25) is 0 Å². The van der Waals surface area contributed by atoms with E-state index in [0.717, 1.165) is 28.0 Å². The first-order chi connectivity index (χ1) is 8.08. The number of aliphatic hydroxyl groups excluding tert-OH is 1. The Kier molecular flexibility index (Phi) is 2.92. The van der Waals surface area contributed by atoms with Gasteiger partial charge in [-0.1, -0.05) is 22.9 Å². The molecule has 0 radical (unpaired) electrons. The van der Waals surface area contributed by atoms with Gasteiger partial charge in [0.05, 0.1) is 6.10 Å². The standard InChI is InChI=1S/C13H15BrO2S/c1-8-5-13(7-17-8)6-11(15)10-4-9(14)2-3-12(10)16-13/h2-4,8,11,15H,5-7H2,1H3. The molecule has 3 unspecified atom stereocenters. The molecule has 1 fully saturated rings. The van der Waals surface area contributed by atoms with Crippen LogP contribution in [-0.4, -0.2) is 21.7 Å². The van der Waals surface area contributed by atoms with Crippen molar-refractivity contribution in [3.05, 3.63) is 28.2 Å². The minimum absolute atomic E-state index is 0.148. The molecule has 0 aliphatic carbocycles. The van der Waals surface area contributed by atoms with Gasteiger partial charge in [0.25, 0.3) is 0 Å². The smallest absolute Gasteiger partial charge is 0.126 e. The maximum atomic E-state index is 10.3. The van der Waals surface area contributed by atoms with Gasteiger partial charge in [0.1, 0.15) is 11.4 Å². The second kappa shape index (κ2) is 4.18. The highest BCUT2D eigenvalue weighted by Crippen LogP contribution is 2.48. The number of aliphatic hydroxyl groups is 1. The van der Waals surface area contributed by atoms with E-state index >= 15 is 0 Å². The SMILES string of the molecule is CC1CC2(CS1)CC(O)c1cc(Br)ccc1O2. The van der Waals surface area contributed by atoms with Crippen LogP contribution in [0.3, 0.4) is 0 Å². The highest BCUT2D eigenvalue weighted by molar-refractivity contribution is 9.10. The Balaban J connectivity index is 1.96. The fraction of sp³-hybridized carbons (Fsp3) is 0.538. The Labute approximate surface area is 114 Å². The molecule has 2 heterocycles. The van der Waals surface area contributed by atoms with E-state index in [-0.39, 0.29) is 5.60 Å². The number of hydrogen-bond acceptors (Lipinski definition) is 3. The number of ether oxygens (including phenoxy) is 1. The highest BCUT2D eigenvalue weighted by Gasteiger charge is 2.45. The van der Waals surface area contributed by atoms with Crippen LogP contribution in [0.5, 0.6) is 5.75 Å². The van der Waals surface area contributed by atoms with Gasteiger partial charge in [0.2, 0.25) is 0 Å². The number of thioether (sulfide) groups is 1. The lowest BCUT2D eigenvalue weighted by Crippen LogP contribution is -2.41. The van der Waals surface area contributed by atoms with Crippen molar-refractivity contribution in [3.63, 3.8) is 0 Å². The van der Waals surface area contributed by atoms with Crippen LogP contribution < -0.4 is 4.74 Å². The topological polar surface area (TPSA) is 29.5 Å². The molecule has 1 N–H and O–H groups in total. The van der Waals surface area contributed by atoms with Crippen molar-refractivity contribution in [2.75, 3.05) is 5.75 Å². The van der Waals surface area contributed by atoms with E-state index in [1.165, 1.54) is 0 Å². The Bertz CT molecular complexity index is 451. The number of fused-ring (bicyclic) bond motifs is 1. The Hall–Kier alpha value is -0.190. The van der Waals surface area contributed by atoms with Gasteiger partial charge in [-0.15, -0.1) is 0 Å². The summed E-state index contributed by atoms with van der Waals surface area (Å²) < 4.78 is 7.16. The summed E-state index contributed by atoms with van der Waals surface area (Å²) in [6, 6.07) is 5.88. The zero-order valence-corrected chi connectivity index (χ0v) is 12.1. The Morgan fingerprint density at radius 2 is 2.29 bits per heavy atom. The molecule has 1 spiro atoms. The molecule has 0 bridgehead atoms. The van der Waals surface area contributed by atoms with Crippen molar-refractivity contribution in [3.8, 4) is 5.75 Å². The lowest BCUT2D eigenvalue weighted by Gasteiger charge is -2.37. The quantitative estimate of drug-likeness (QED) is 0.794. The Morgan fingerprint density at radius 1 is 1.47 bits per heavy atom. The van der Waals surface area contributed by atoms with Crippen molar-refractivity contribution < 1.29 is 9.84 Å². The van der Waals surface area contributed by atoms with Crippen LogP contribution in [0.25, 0.3) is 0 Å². The van der Waals surface area contributed by atoms with Gasteiger partial charge < -0.3 is 9.84 Å². The second-order valence-electron chi connectivity index (χ2n) is 5.01. The first kappa shape index (κ1) is 11.9. The van der Waals surface area contributed by atoms with Crippen molar-refractivity contribution >= 4 is 27.7 Å². The molecule has 0 saturated carbocycles. The summed E-state index contributed by atoms with van der Waals surface area (Å²) in [7, 11) is 0. The molecule has 4 heteroatoms. The van der Waals surface area contributed by atoms with Crippen LogP contribution in [-0.2, 0) is 0 Å². The zero-order chi connectivity index (χ0) is 12.0. The summed E-state index contributed by atoms with van der Waals surface area (Å²) in [4.78, 5) is 0. The maximum Gasteiger partial charge on any atom is 0.126 e. The molecule has 0 amide bonds. The fourth-order valence-corrected chi connectivity index (χ4v) is 4.44. The lowest BCUT2D eigenvalue weighted by molar-refractivity contribution is 0.00147. The molecule has 0 aromatic heterocycles. The van der Waals surface area contributed by atoms with Crippen LogP contribution in [0.1, 0.15) is 31.4 Å². The monoisotopic (exact) mass is 314 g/mol. The summed E-state index contributed by atoms with van der Waals surface area (Å²) in [6.07, 6.45) is 1.35. The molecule has 92 valence electrons. The van der Waals surface area contributed by atoms with Crippen LogP contribution in [0.2, 0.25) is 0 Å². The number of rotatable bonds is 0. The normalized spacial score (nSPS) is 35.7. The first-order valence-electron chi connectivity index (χ1n) is 5.86. The molecule has 2 aliphatic rings. The van der Waals surface area contributed by atoms with Gasteiger partial charge in [-0.05, 0) is 24.6 Å². The van der Waals surface area contributed by atoms with Gasteiger partial charge >= 0.3 is 0 Å². The predicted octanol–water partition coefficient (Wildman–Crippen LogP) is 3.53. The van der Waals surface area contributed by atoms with Crippen molar-refractivity contribution in [2.45, 2.75) is 36.7 Å². The summed E-state index contributed by atoms with van der Waals surface area (Å²) in [6.45, 7) is 2.23. The van der Waals surface area contributed by atoms with E-state index in [4.69, 9.17) is 4.74 Å². The molecule has 1 aromatic carbocycles. The van der Waals surface area contributed by atoms with Crippen LogP contribution >= 0.6 is 27.7 Å². The van der Waals surface area contributed by atoms with Gasteiger partial charge in [-0.2, -0.15) is 11.8 Å². The van der Waals surface area contributed by atoms with Gasteiger partial charge in [0, 0.05) is 27.5 Å². The average Bonchev–Trinajstić information content (AvgIpc) is 2.61. The first-order valence-corrected chi connectivity index (χ1v) is 7.70. The van der Waals surface area contributed by atoms with E-state index in [2.05, 4.69) is 22.9 Å². The molecule has 3 rings (SSSR count). The van der Waals surface area contributed by atoms with Crippen LogP contribution in [0, 0.1) is 0 Å². The van der Waals surface area contributed by atoms with E-state index < -0.39 is 6.10 Å². The lowest BCUT2D eigenvalue weighted by atomic mass is 9.87. The summed E-state index contributed by atoms with van der Waals surface area (Å²) in [5.74, 6) is 1.84. The number of halogens is 1. The van der Waals surface area contributed by atoms with E-state index in [9.17, 15) is 5.11 Å². The maximum absolute atomic E-state index is 10.3. The van der Waals surface area contributed by atoms with E-state index in [1.54, 1.807) is 0 Å². The van der Waals surface area contributed by atoms with Gasteiger partial charge in [0.15, 0.2) is 0 Å². The highest BCUT2D eigenvalue weighted by atomic mass is 79.9. The minimum atomic E-state index is -0.401. The predicted molar refractivity (Wildman–Crippen MR) is 73.6 cm³/mol. The Morgan fingerprint density at radius 3 is 3.00 bits per heavy atom. The molecule has 2 nitrogen and oxygen atoms in total. The summed E-state index contributed by atoms with van der Waals surface area (Å²) >= 11 is 5.37. The van der Waals surface area contributed by atoms with Crippen LogP contribution in [0.15, 0.2) is 22.7 Å². The largest absolute Gasteiger partial charge is 0.486 e. The fourth-order valence-electron chi connectivity index (χ4n) is 2.76. The van der Waals surface area contributed by atoms with Crippen molar-refractivity contribution in [1.82, 2.24) is 0 Å².